The Bertz CT molecular complexity index is 450. The highest BCUT2D eigenvalue weighted by Gasteiger charge is 2.01. The van der Waals surface area contributed by atoms with E-state index in [0.29, 0.717) is 5.56 Å². The normalized spacial score (nSPS) is 11.0. The Hall–Kier alpha value is -1.31. The van der Waals surface area contributed by atoms with Crippen LogP contribution in [0.5, 0.6) is 0 Å². The average Bonchev–Trinajstić information content (AvgIpc) is 2.65. The molecule has 0 amide bonds. The number of carboxylic acid groups (broad SMARTS) is 1. The fourth-order valence-electron chi connectivity index (χ4n) is 3.51. The van der Waals surface area contributed by atoms with E-state index >= 15 is 0 Å². The Balaban J connectivity index is 1.83. The number of rotatable bonds is 17. The van der Waals surface area contributed by atoms with Crippen molar-refractivity contribution in [3.05, 3.63) is 35.4 Å². The van der Waals surface area contributed by atoms with Gasteiger partial charge in [0.05, 0.1) is 5.56 Å². The molecule has 2 heteroatoms. The van der Waals surface area contributed by atoms with E-state index in [1.165, 1.54) is 102 Å². The Morgan fingerprint density at radius 1 is 0.654 bits per heavy atom. The van der Waals surface area contributed by atoms with Gasteiger partial charge < -0.3 is 5.11 Å². The Morgan fingerprint density at radius 3 is 1.42 bits per heavy atom. The van der Waals surface area contributed by atoms with Gasteiger partial charge in [0.15, 0.2) is 0 Å². The van der Waals surface area contributed by atoms with E-state index < -0.39 is 5.97 Å². The molecule has 0 saturated heterocycles. The molecule has 0 aliphatic carbocycles. The number of hydrogen-bond acceptors (Lipinski definition) is 1. The average molecular weight is 361 g/mol. The number of unbranched alkanes of at least 4 members (excludes halogenated alkanes) is 14. The number of carboxylic acids is 1. The Labute approximate surface area is 161 Å². The minimum atomic E-state index is -0.844. The number of benzene rings is 1. The van der Waals surface area contributed by atoms with Crippen LogP contribution >= 0.6 is 0 Å². The number of hydrogen-bond donors (Lipinski definition) is 1. The SMILES string of the molecule is CCCCCCCCCCCCCCCCCc1ccc(C(=O)O)cc1. The van der Waals surface area contributed by atoms with E-state index in [1.807, 2.05) is 12.1 Å². The smallest absolute Gasteiger partial charge is 0.335 e. The molecule has 1 rings (SSSR count). The highest BCUT2D eigenvalue weighted by molar-refractivity contribution is 5.87. The van der Waals surface area contributed by atoms with Crippen LogP contribution in [-0.2, 0) is 6.42 Å². The third-order valence-electron chi connectivity index (χ3n) is 5.27. The van der Waals surface area contributed by atoms with E-state index in [0.717, 1.165) is 6.42 Å². The van der Waals surface area contributed by atoms with Gasteiger partial charge in [-0.25, -0.2) is 4.79 Å². The molecule has 0 radical (unpaired) electrons. The predicted octanol–water partition coefficient (Wildman–Crippen LogP) is 7.80. The highest BCUT2D eigenvalue weighted by atomic mass is 16.4. The minimum Gasteiger partial charge on any atom is -0.478 e. The van der Waals surface area contributed by atoms with Crippen molar-refractivity contribution < 1.29 is 9.90 Å². The standard InChI is InChI=1S/C24H40O2/c1-2-3-4-5-6-7-8-9-10-11-12-13-14-15-16-17-22-18-20-23(21-19-22)24(25)26/h18-21H,2-17H2,1H3,(H,25,26). The van der Waals surface area contributed by atoms with Crippen LogP contribution in [0.4, 0.5) is 0 Å². The fraction of sp³-hybridized carbons (Fsp3) is 0.708. The van der Waals surface area contributed by atoms with Crippen molar-refractivity contribution in [2.24, 2.45) is 0 Å². The molecular weight excluding hydrogens is 320 g/mol. The quantitative estimate of drug-likeness (QED) is 0.288. The lowest BCUT2D eigenvalue weighted by atomic mass is 10.0. The molecule has 0 aliphatic heterocycles. The minimum absolute atomic E-state index is 0.380. The summed E-state index contributed by atoms with van der Waals surface area (Å²) in [4.78, 5) is 10.8. The van der Waals surface area contributed by atoms with Crippen molar-refractivity contribution in [3.63, 3.8) is 0 Å². The first kappa shape index (κ1) is 22.7. The van der Waals surface area contributed by atoms with Crippen LogP contribution in [0.3, 0.4) is 0 Å². The molecule has 1 N–H and O–H groups in total. The molecule has 0 saturated carbocycles. The fourth-order valence-corrected chi connectivity index (χ4v) is 3.51. The maximum atomic E-state index is 10.8. The van der Waals surface area contributed by atoms with Crippen LogP contribution in [0.15, 0.2) is 24.3 Å². The summed E-state index contributed by atoms with van der Waals surface area (Å²) in [7, 11) is 0. The molecule has 148 valence electrons. The van der Waals surface area contributed by atoms with Gasteiger partial charge in [0, 0.05) is 0 Å². The van der Waals surface area contributed by atoms with Crippen molar-refractivity contribution in [1.82, 2.24) is 0 Å². The zero-order chi connectivity index (χ0) is 18.9. The zero-order valence-electron chi connectivity index (χ0n) is 17.0. The van der Waals surface area contributed by atoms with Crippen LogP contribution in [0, 0.1) is 0 Å². The summed E-state index contributed by atoms with van der Waals surface area (Å²) in [6.45, 7) is 2.28. The molecule has 0 spiro atoms. The summed E-state index contributed by atoms with van der Waals surface area (Å²) in [5, 5.41) is 8.89. The van der Waals surface area contributed by atoms with Crippen molar-refractivity contribution in [2.75, 3.05) is 0 Å². The molecule has 0 bridgehead atoms. The van der Waals surface area contributed by atoms with E-state index in [9.17, 15) is 4.79 Å². The summed E-state index contributed by atoms with van der Waals surface area (Å²) < 4.78 is 0. The largest absolute Gasteiger partial charge is 0.478 e. The van der Waals surface area contributed by atoms with Crippen molar-refractivity contribution in [1.29, 1.82) is 0 Å². The van der Waals surface area contributed by atoms with Crippen molar-refractivity contribution in [3.8, 4) is 0 Å². The lowest BCUT2D eigenvalue weighted by molar-refractivity contribution is 0.0697. The van der Waals surface area contributed by atoms with E-state index in [4.69, 9.17) is 5.11 Å². The second-order valence-electron chi connectivity index (χ2n) is 7.70. The monoisotopic (exact) mass is 360 g/mol. The molecule has 0 aliphatic rings. The van der Waals surface area contributed by atoms with E-state index in [-0.39, 0.29) is 0 Å². The van der Waals surface area contributed by atoms with Crippen LogP contribution in [0.25, 0.3) is 0 Å². The van der Waals surface area contributed by atoms with Gasteiger partial charge in [-0.05, 0) is 30.5 Å². The Kier molecular flexibility index (Phi) is 13.9. The molecule has 0 unspecified atom stereocenters. The van der Waals surface area contributed by atoms with E-state index in [1.54, 1.807) is 12.1 Å². The molecule has 0 heterocycles. The van der Waals surface area contributed by atoms with Gasteiger partial charge in [0.1, 0.15) is 0 Å². The third kappa shape index (κ3) is 12.1. The maximum Gasteiger partial charge on any atom is 0.335 e. The third-order valence-corrected chi connectivity index (χ3v) is 5.27. The van der Waals surface area contributed by atoms with Gasteiger partial charge in [0.25, 0.3) is 0 Å². The summed E-state index contributed by atoms with van der Waals surface area (Å²) in [5.41, 5.74) is 1.63. The van der Waals surface area contributed by atoms with Crippen molar-refractivity contribution >= 4 is 5.97 Å². The topological polar surface area (TPSA) is 37.3 Å². The molecule has 0 atom stereocenters. The molecule has 0 aromatic heterocycles. The summed E-state index contributed by atoms with van der Waals surface area (Å²) in [6, 6.07) is 7.33. The number of aryl methyl sites for hydroxylation is 1. The van der Waals surface area contributed by atoms with Gasteiger partial charge in [-0.3, -0.25) is 0 Å². The lowest BCUT2D eigenvalue weighted by Crippen LogP contribution is -1.96. The zero-order valence-corrected chi connectivity index (χ0v) is 17.0. The molecule has 1 aromatic rings. The van der Waals surface area contributed by atoms with Crippen LogP contribution in [0.1, 0.15) is 119 Å². The van der Waals surface area contributed by atoms with Gasteiger partial charge in [-0.15, -0.1) is 0 Å². The molecular formula is C24H40O2. The Morgan fingerprint density at radius 2 is 1.04 bits per heavy atom. The van der Waals surface area contributed by atoms with Crippen molar-refractivity contribution in [2.45, 2.75) is 110 Å². The summed E-state index contributed by atoms with van der Waals surface area (Å²) in [6.07, 6.45) is 21.9. The molecule has 2 nitrogen and oxygen atoms in total. The number of carbonyl (C=O) groups is 1. The number of aromatic carboxylic acids is 1. The first-order valence-electron chi connectivity index (χ1n) is 11.1. The predicted molar refractivity (Wildman–Crippen MR) is 112 cm³/mol. The van der Waals surface area contributed by atoms with E-state index in [2.05, 4.69) is 6.92 Å². The summed E-state index contributed by atoms with van der Waals surface area (Å²) >= 11 is 0. The van der Waals surface area contributed by atoms with Gasteiger partial charge in [0.2, 0.25) is 0 Å². The van der Waals surface area contributed by atoms with Gasteiger partial charge in [-0.2, -0.15) is 0 Å². The van der Waals surface area contributed by atoms with Crippen LogP contribution in [0.2, 0.25) is 0 Å². The maximum absolute atomic E-state index is 10.8. The molecule has 1 aromatic carbocycles. The summed E-state index contributed by atoms with van der Waals surface area (Å²) in [5.74, 6) is -0.844. The van der Waals surface area contributed by atoms with Crippen LogP contribution in [-0.4, -0.2) is 11.1 Å². The first-order chi connectivity index (χ1) is 12.7. The second kappa shape index (κ2) is 15.9. The molecule has 26 heavy (non-hydrogen) atoms. The van der Waals surface area contributed by atoms with Gasteiger partial charge in [-0.1, -0.05) is 109 Å². The molecule has 0 fully saturated rings. The highest BCUT2D eigenvalue weighted by Crippen LogP contribution is 2.14. The second-order valence-corrected chi connectivity index (χ2v) is 7.70. The van der Waals surface area contributed by atoms with Gasteiger partial charge >= 0.3 is 5.97 Å². The van der Waals surface area contributed by atoms with Crippen LogP contribution < -0.4 is 0 Å². The first-order valence-corrected chi connectivity index (χ1v) is 11.1. The lowest BCUT2D eigenvalue weighted by Gasteiger charge is -2.04.